The van der Waals surface area contributed by atoms with Crippen LogP contribution in [0.4, 0.5) is 0 Å². The molecule has 1 unspecified atom stereocenters. The fourth-order valence-corrected chi connectivity index (χ4v) is 2.73. The minimum atomic E-state index is -0.0589. The molecule has 0 amide bonds. The van der Waals surface area contributed by atoms with Crippen LogP contribution in [0, 0.1) is 11.3 Å². The number of hydrogen-bond donors (Lipinski definition) is 0. The number of nitrogens with zero attached hydrogens (tertiary/aromatic N) is 1. The summed E-state index contributed by atoms with van der Waals surface area (Å²) in [6, 6.07) is 26.7. The number of ether oxygens (including phenoxy) is 1. The molecule has 3 rings (SSSR count). The molecular weight excluding hydrogens is 282 g/mol. The van der Waals surface area contributed by atoms with E-state index in [2.05, 4.69) is 30.3 Å². The molecule has 23 heavy (non-hydrogen) atoms. The highest BCUT2D eigenvalue weighted by Gasteiger charge is 2.09. The van der Waals surface area contributed by atoms with Crippen LogP contribution in [0.5, 0.6) is 5.75 Å². The SMILES string of the molecule is N#CC(CCCOc1ccc2ccccc2c1)c1ccccc1. The van der Waals surface area contributed by atoms with E-state index in [4.69, 9.17) is 4.74 Å². The van der Waals surface area contributed by atoms with Crippen LogP contribution in [-0.4, -0.2) is 6.61 Å². The summed E-state index contributed by atoms with van der Waals surface area (Å²) < 4.78 is 5.84. The predicted molar refractivity (Wildman–Crippen MR) is 93.5 cm³/mol. The van der Waals surface area contributed by atoms with Gasteiger partial charge in [-0.25, -0.2) is 0 Å². The highest BCUT2D eigenvalue weighted by Crippen LogP contribution is 2.22. The molecule has 114 valence electrons. The summed E-state index contributed by atoms with van der Waals surface area (Å²) in [4.78, 5) is 0. The first-order chi connectivity index (χ1) is 11.4. The highest BCUT2D eigenvalue weighted by molar-refractivity contribution is 5.83. The van der Waals surface area contributed by atoms with Gasteiger partial charge in [0.25, 0.3) is 0 Å². The van der Waals surface area contributed by atoms with Crippen molar-refractivity contribution in [3.8, 4) is 11.8 Å². The zero-order valence-corrected chi connectivity index (χ0v) is 13.0. The normalized spacial score (nSPS) is 11.8. The standard InChI is InChI=1S/C21H19NO/c22-16-20(17-7-2-1-3-8-17)11-6-14-23-21-13-12-18-9-4-5-10-19(18)15-21/h1-5,7-10,12-13,15,20H,6,11,14H2. The quantitative estimate of drug-likeness (QED) is 0.578. The van der Waals surface area contributed by atoms with E-state index >= 15 is 0 Å². The maximum Gasteiger partial charge on any atom is 0.119 e. The molecule has 0 aliphatic rings. The first-order valence-corrected chi connectivity index (χ1v) is 7.93. The van der Waals surface area contributed by atoms with E-state index in [1.54, 1.807) is 0 Å². The van der Waals surface area contributed by atoms with E-state index < -0.39 is 0 Å². The van der Waals surface area contributed by atoms with Crippen molar-refractivity contribution in [1.82, 2.24) is 0 Å². The van der Waals surface area contributed by atoms with Gasteiger partial charge in [0.05, 0.1) is 18.6 Å². The van der Waals surface area contributed by atoms with E-state index in [9.17, 15) is 5.26 Å². The van der Waals surface area contributed by atoms with E-state index in [0.717, 1.165) is 24.2 Å². The van der Waals surface area contributed by atoms with Crippen molar-refractivity contribution in [3.63, 3.8) is 0 Å². The maximum absolute atomic E-state index is 9.32. The van der Waals surface area contributed by atoms with Crippen LogP contribution in [0.2, 0.25) is 0 Å². The third-order valence-electron chi connectivity index (χ3n) is 3.98. The molecule has 0 radical (unpaired) electrons. The van der Waals surface area contributed by atoms with Crippen molar-refractivity contribution in [2.75, 3.05) is 6.61 Å². The first kappa shape index (κ1) is 15.1. The third-order valence-corrected chi connectivity index (χ3v) is 3.98. The van der Waals surface area contributed by atoms with Gasteiger partial charge >= 0.3 is 0 Å². The van der Waals surface area contributed by atoms with Crippen LogP contribution in [-0.2, 0) is 0 Å². The first-order valence-electron chi connectivity index (χ1n) is 7.93. The molecule has 0 bridgehead atoms. The number of rotatable bonds is 6. The van der Waals surface area contributed by atoms with Gasteiger partial charge in [-0.2, -0.15) is 5.26 Å². The minimum Gasteiger partial charge on any atom is -0.494 e. The molecule has 0 aromatic heterocycles. The minimum absolute atomic E-state index is 0.0589. The molecule has 0 N–H and O–H groups in total. The molecule has 2 heteroatoms. The van der Waals surface area contributed by atoms with Gasteiger partial charge in [-0.1, -0.05) is 60.7 Å². The number of nitriles is 1. The molecule has 0 heterocycles. The Bertz CT molecular complexity index is 805. The summed E-state index contributed by atoms with van der Waals surface area (Å²) in [7, 11) is 0. The van der Waals surface area contributed by atoms with Crippen molar-refractivity contribution in [1.29, 1.82) is 5.26 Å². The molecule has 2 nitrogen and oxygen atoms in total. The molecule has 0 saturated carbocycles. The zero-order chi connectivity index (χ0) is 15.9. The molecule has 0 spiro atoms. The Morgan fingerprint density at radius 3 is 2.39 bits per heavy atom. The summed E-state index contributed by atoms with van der Waals surface area (Å²) >= 11 is 0. The smallest absolute Gasteiger partial charge is 0.119 e. The van der Waals surface area contributed by atoms with Crippen LogP contribution in [0.15, 0.2) is 72.8 Å². The van der Waals surface area contributed by atoms with Crippen LogP contribution >= 0.6 is 0 Å². The Morgan fingerprint density at radius 2 is 1.61 bits per heavy atom. The van der Waals surface area contributed by atoms with Crippen LogP contribution in [0.25, 0.3) is 10.8 Å². The largest absolute Gasteiger partial charge is 0.494 e. The summed E-state index contributed by atoms with van der Waals surface area (Å²) in [5.41, 5.74) is 1.08. The number of benzene rings is 3. The predicted octanol–water partition coefficient (Wildman–Crippen LogP) is 5.31. The van der Waals surface area contributed by atoms with Crippen molar-refractivity contribution in [2.24, 2.45) is 0 Å². The lowest BCUT2D eigenvalue weighted by molar-refractivity contribution is 0.305. The van der Waals surface area contributed by atoms with Gasteiger partial charge in [-0.15, -0.1) is 0 Å². The summed E-state index contributed by atoms with van der Waals surface area (Å²) in [6.07, 6.45) is 1.67. The zero-order valence-electron chi connectivity index (χ0n) is 13.0. The second-order valence-electron chi connectivity index (χ2n) is 5.59. The van der Waals surface area contributed by atoms with E-state index in [1.807, 2.05) is 48.5 Å². The van der Waals surface area contributed by atoms with Gasteiger partial charge in [0.1, 0.15) is 5.75 Å². The van der Waals surface area contributed by atoms with Gasteiger partial charge in [0.15, 0.2) is 0 Å². The number of fused-ring (bicyclic) bond motifs is 1. The number of hydrogen-bond acceptors (Lipinski definition) is 2. The van der Waals surface area contributed by atoms with Gasteiger partial charge < -0.3 is 4.74 Å². The Hall–Kier alpha value is -2.79. The van der Waals surface area contributed by atoms with Gasteiger partial charge in [-0.05, 0) is 41.3 Å². The van der Waals surface area contributed by atoms with Crippen molar-refractivity contribution >= 4 is 10.8 Å². The van der Waals surface area contributed by atoms with E-state index in [-0.39, 0.29) is 5.92 Å². The lowest BCUT2D eigenvalue weighted by atomic mass is 9.96. The summed E-state index contributed by atoms with van der Waals surface area (Å²) in [5, 5.41) is 11.7. The molecular formula is C21H19NO. The molecule has 0 aliphatic carbocycles. The Labute approximate surface area is 137 Å². The molecule has 0 aliphatic heterocycles. The summed E-state index contributed by atoms with van der Waals surface area (Å²) in [5.74, 6) is 0.827. The van der Waals surface area contributed by atoms with Crippen LogP contribution < -0.4 is 4.74 Å². The monoisotopic (exact) mass is 301 g/mol. The second-order valence-corrected chi connectivity index (χ2v) is 5.59. The Kier molecular flexibility index (Phi) is 4.91. The van der Waals surface area contributed by atoms with Gasteiger partial charge in [-0.3, -0.25) is 0 Å². The average Bonchev–Trinajstić information content (AvgIpc) is 2.62. The average molecular weight is 301 g/mol. The van der Waals surface area contributed by atoms with E-state index in [1.165, 1.54) is 10.8 Å². The van der Waals surface area contributed by atoms with Gasteiger partial charge in [0.2, 0.25) is 0 Å². The molecule has 0 fully saturated rings. The lowest BCUT2D eigenvalue weighted by Gasteiger charge is -2.10. The summed E-state index contributed by atoms with van der Waals surface area (Å²) in [6.45, 7) is 0.628. The van der Waals surface area contributed by atoms with Crippen LogP contribution in [0.1, 0.15) is 24.3 Å². The van der Waals surface area contributed by atoms with Crippen LogP contribution in [0.3, 0.4) is 0 Å². The lowest BCUT2D eigenvalue weighted by Crippen LogP contribution is -2.02. The topological polar surface area (TPSA) is 33.0 Å². The molecule has 0 saturated heterocycles. The highest BCUT2D eigenvalue weighted by atomic mass is 16.5. The Balaban J connectivity index is 1.53. The van der Waals surface area contributed by atoms with E-state index in [0.29, 0.717) is 6.61 Å². The molecule has 1 atom stereocenters. The maximum atomic E-state index is 9.32. The van der Waals surface area contributed by atoms with Crippen molar-refractivity contribution < 1.29 is 4.74 Å². The fraction of sp³-hybridized carbons (Fsp3) is 0.190. The van der Waals surface area contributed by atoms with Gasteiger partial charge in [0, 0.05) is 0 Å². The molecule has 3 aromatic carbocycles. The fourth-order valence-electron chi connectivity index (χ4n) is 2.73. The van der Waals surface area contributed by atoms with Crippen molar-refractivity contribution in [2.45, 2.75) is 18.8 Å². The van der Waals surface area contributed by atoms with Crippen molar-refractivity contribution in [3.05, 3.63) is 78.4 Å². The molecule has 3 aromatic rings. The third kappa shape index (κ3) is 3.90. The Morgan fingerprint density at radius 1 is 0.870 bits per heavy atom. The second kappa shape index (κ2) is 7.47.